The lowest BCUT2D eigenvalue weighted by atomic mass is 10.0. The van der Waals surface area contributed by atoms with Crippen molar-refractivity contribution in [1.82, 2.24) is 30.8 Å². The number of hydrogen-bond acceptors (Lipinski definition) is 9. The molecule has 2 aliphatic heterocycles. The van der Waals surface area contributed by atoms with E-state index < -0.39 is 35.5 Å². The minimum absolute atomic E-state index is 0.155. The first-order valence-corrected chi connectivity index (χ1v) is 11.4. The summed E-state index contributed by atoms with van der Waals surface area (Å²) in [5, 5.41) is 23.9. The number of nitrogens with one attached hydrogen (secondary N) is 2. The third-order valence-corrected chi connectivity index (χ3v) is 4.96. The summed E-state index contributed by atoms with van der Waals surface area (Å²) in [4.78, 5) is 41.8. The zero-order valence-corrected chi connectivity index (χ0v) is 20.8. The SMILES string of the molecule is CC(C)(C)OC(=O)N=C(NCCc1nnc([C@@H]2CC[C@@H]3CN2C(=O)N3O)o1)NC(=O)OC(C)(C)C. The molecule has 0 saturated carbocycles. The Hall–Kier alpha value is -3.42. The highest BCUT2D eigenvalue weighted by atomic mass is 16.6. The molecule has 1 aromatic rings. The van der Waals surface area contributed by atoms with Crippen LogP contribution in [0.3, 0.4) is 0 Å². The first-order chi connectivity index (χ1) is 16.2. The van der Waals surface area contributed by atoms with E-state index in [0.717, 1.165) is 5.06 Å². The third kappa shape index (κ3) is 7.28. The molecule has 0 unspecified atom stereocenters. The first-order valence-electron chi connectivity index (χ1n) is 11.4. The number of rotatable bonds is 4. The van der Waals surface area contributed by atoms with Gasteiger partial charge in [-0.1, -0.05) is 0 Å². The Bertz CT molecular complexity index is 979. The Morgan fingerprint density at radius 2 is 1.83 bits per heavy atom. The number of fused-ring (bicyclic) bond motifs is 2. The van der Waals surface area contributed by atoms with Crippen molar-refractivity contribution in [3.8, 4) is 0 Å². The van der Waals surface area contributed by atoms with Gasteiger partial charge in [-0.05, 0) is 54.4 Å². The standard InChI is InChI=1S/C21H33N7O7/c1-20(2,3)34-17(29)23-16(24-18(30)35-21(4,5)6)22-10-9-14-25-26-15(33-14)13-8-7-12-11-27(13)19(31)28(12)32/h12-13,32H,7-11H2,1-6H3,(H2,22,23,24,29,30)/t12-,13+/m1/s1. The zero-order valence-electron chi connectivity index (χ0n) is 20.8. The summed E-state index contributed by atoms with van der Waals surface area (Å²) in [6.07, 6.45) is -0.217. The summed E-state index contributed by atoms with van der Waals surface area (Å²) in [5.41, 5.74) is -1.51. The molecule has 1 aromatic heterocycles. The van der Waals surface area contributed by atoms with E-state index in [9.17, 15) is 19.6 Å². The van der Waals surface area contributed by atoms with E-state index in [2.05, 4.69) is 25.8 Å². The quantitative estimate of drug-likeness (QED) is 0.320. The fraction of sp³-hybridized carbons (Fsp3) is 0.714. The van der Waals surface area contributed by atoms with Crippen LogP contribution in [-0.2, 0) is 15.9 Å². The lowest BCUT2D eigenvalue weighted by Gasteiger charge is -2.27. The van der Waals surface area contributed by atoms with Gasteiger partial charge in [0.05, 0.1) is 6.04 Å². The predicted octanol–water partition coefficient (Wildman–Crippen LogP) is 2.35. The summed E-state index contributed by atoms with van der Waals surface area (Å²) in [5.74, 6) is 0.421. The molecule has 3 rings (SSSR count). The van der Waals surface area contributed by atoms with Crippen LogP contribution in [-0.4, -0.2) is 79.9 Å². The van der Waals surface area contributed by atoms with Crippen LogP contribution in [0.15, 0.2) is 9.41 Å². The van der Waals surface area contributed by atoms with Crippen LogP contribution in [0.2, 0.25) is 0 Å². The van der Waals surface area contributed by atoms with Crippen molar-refractivity contribution in [1.29, 1.82) is 0 Å². The fourth-order valence-electron chi connectivity index (χ4n) is 3.59. The second-order valence-corrected chi connectivity index (χ2v) is 10.3. The van der Waals surface area contributed by atoms with Crippen LogP contribution in [0, 0.1) is 0 Å². The average molecular weight is 496 g/mol. The normalized spacial score (nSPS) is 20.7. The molecule has 4 amide bonds. The summed E-state index contributed by atoms with van der Waals surface area (Å²) in [6.45, 7) is 10.8. The molecule has 2 fully saturated rings. The monoisotopic (exact) mass is 495 g/mol. The average Bonchev–Trinajstić information content (AvgIpc) is 3.25. The lowest BCUT2D eigenvalue weighted by Crippen LogP contribution is -2.44. The summed E-state index contributed by atoms with van der Waals surface area (Å²) < 4.78 is 16.1. The highest BCUT2D eigenvalue weighted by Gasteiger charge is 2.46. The summed E-state index contributed by atoms with van der Waals surface area (Å²) in [6, 6.07) is -1.09. The molecule has 0 aromatic carbocycles. The van der Waals surface area contributed by atoms with Crippen LogP contribution in [0.5, 0.6) is 0 Å². The number of nitrogens with zero attached hydrogens (tertiary/aromatic N) is 5. The van der Waals surface area contributed by atoms with Crippen molar-refractivity contribution in [3.63, 3.8) is 0 Å². The smallest absolute Gasteiger partial charge is 0.437 e. The van der Waals surface area contributed by atoms with Gasteiger partial charge in [-0.25, -0.2) is 19.4 Å². The maximum Gasteiger partial charge on any atom is 0.437 e. The molecule has 2 saturated heterocycles. The van der Waals surface area contributed by atoms with Gasteiger partial charge >= 0.3 is 18.2 Å². The number of urea groups is 1. The molecule has 2 aliphatic rings. The second-order valence-electron chi connectivity index (χ2n) is 10.3. The molecule has 2 bridgehead atoms. The molecule has 194 valence electrons. The van der Waals surface area contributed by atoms with E-state index in [4.69, 9.17) is 13.9 Å². The topological polar surface area (TPSA) is 172 Å². The summed E-state index contributed by atoms with van der Waals surface area (Å²) >= 11 is 0. The van der Waals surface area contributed by atoms with Gasteiger partial charge in [0.15, 0.2) is 0 Å². The number of carbonyl (C=O) groups is 3. The zero-order chi connectivity index (χ0) is 26.0. The van der Waals surface area contributed by atoms with Crippen LogP contribution >= 0.6 is 0 Å². The van der Waals surface area contributed by atoms with Crippen LogP contribution < -0.4 is 10.6 Å². The van der Waals surface area contributed by atoms with E-state index >= 15 is 0 Å². The number of carbonyl (C=O) groups excluding carboxylic acids is 3. The van der Waals surface area contributed by atoms with E-state index in [1.807, 2.05) is 0 Å². The molecule has 14 nitrogen and oxygen atoms in total. The van der Waals surface area contributed by atoms with Gasteiger partial charge in [-0.15, -0.1) is 15.2 Å². The Labute approximate surface area is 203 Å². The maximum absolute atomic E-state index is 12.2. The first kappa shape index (κ1) is 26.2. The molecular weight excluding hydrogens is 462 g/mol. The van der Waals surface area contributed by atoms with Crippen molar-refractivity contribution >= 4 is 24.2 Å². The van der Waals surface area contributed by atoms with Crippen molar-refractivity contribution in [2.45, 2.75) is 84.1 Å². The summed E-state index contributed by atoms with van der Waals surface area (Å²) in [7, 11) is 0. The van der Waals surface area contributed by atoms with Gasteiger partial charge in [0.1, 0.15) is 17.2 Å². The van der Waals surface area contributed by atoms with Crippen molar-refractivity contribution < 1.29 is 33.5 Å². The minimum Gasteiger partial charge on any atom is -0.444 e. The third-order valence-electron chi connectivity index (χ3n) is 4.96. The predicted molar refractivity (Wildman–Crippen MR) is 121 cm³/mol. The molecule has 2 atom stereocenters. The molecule has 0 radical (unpaired) electrons. The molecular formula is C21H33N7O7. The van der Waals surface area contributed by atoms with Gasteiger partial charge in [-0.2, -0.15) is 0 Å². The highest BCUT2D eigenvalue weighted by molar-refractivity contribution is 5.98. The Balaban J connectivity index is 1.60. The van der Waals surface area contributed by atoms with Gasteiger partial charge in [0.2, 0.25) is 17.7 Å². The van der Waals surface area contributed by atoms with Crippen LogP contribution in [0.25, 0.3) is 0 Å². The number of alkyl carbamates (subject to hydrolysis) is 1. The molecule has 14 heteroatoms. The fourth-order valence-corrected chi connectivity index (χ4v) is 3.59. The maximum atomic E-state index is 12.2. The molecule has 0 aliphatic carbocycles. The van der Waals surface area contributed by atoms with Crippen molar-refractivity contribution in [2.75, 3.05) is 13.1 Å². The Morgan fingerprint density at radius 1 is 1.14 bits per heavy atom. The largest absolute Gasteiger partial charge is 0.444 e. The second kappa shape index (κ2) is 10.1. The van der Waals surface area contributed by atoms with Gasteiger partial charge in [0, 0.05) is 19.5 Å². The highest BCUT2D eigenvalue weighted by Crippen LogP contribution is 2.36. The Morgan fingerprint density at radius 3 is 2.49 bits per heavy atom. The molecule has 3 heterocycles. The number of aliphatic imine (C=N–C) groups is 1. The number of piperidine rings is 1. The van der Waals surface area contributed by atoms with E-state index in [-0.39, 0.29) is 36.7 Å². The van der Waals surface area contributed by atoms with E-state index in [0.29, 0.717) is 19.4 Å². The van der Waals surface area contributed by atoms with Gasteiger partial charge in [-0.3, -0.25) is 10.5 Å². The van der Waals surface area contributed by atoms with Crippen LogP contribution in [0.4, 0.5) is 14.4 Å². The number of amides is 4. The molecule has 3 N–H and O–H groups in total. The molecule has 0 spiro atoms. The number of hydrogen-bond donors (Lipinski definition) is 3. The number of aromatic nitrogens is 2. The van der Waals surface area contributed by atoms with Crippen molar-refractivity contribution in [2.24, 2.45) is 4.99 Å². The lowest BCUT2D eigenvalue weighted by molar-refractivity contribution is -0.0584. The van der Waals surface area contributed by atoms with Crippen LogP contribution in [0.1, 0.15) is 72.2 Å². The number of guanidine groups is 1. The van der Waals surface area contributed by atoms with E-state index in [1.165, 1.54) is 4.90 Å². The van der Waals surface area contributed by atoms with Crippen molar-refractivity contribution in [3.05, 3.63) is 11.8 Å². The Kier molecular flexibility index (Phi) is 7.53. The van der Waals surface area contributed by atoms with Gasteiger partial charge < -0.3 is 24.1 Å². The van der Waals surface area contributed by atoms with E-state index in [1.54, 1.807) is 41.5 Å². The molecule has 35 heavy (non-hydrogen) atoms. The number of hydroxylamine groups is 2. The van der Waals surface area contributed by atoms with Gasteiger partial charge in [0.25, 0.3) is 0 Å². The number of ether oxygens (including phenoxy) is 2. The minimum atomic E-state index is -0.889.